The fourth-order valence-corrected chi connectivity index (χ4v) is 2.08. The SMILES string of the molecule is C[C@@H]1Cc2ccccc2[C@H](CN)N1. The molecule has 0 aliphatic carbocycles. The Morgan fingerprint density at radius 3 is 3.00 bits per heavy atom. The van der Waals surface area contributed by atoms with Gasteiger partial charge in [-0.1, -0.05) is 24.3 Å². The molecule has 2 atom stereocenters. The lowest BCUT2D eigenvalue weighted by atomic mass is 9.91. The van der Waals surface area contributed by atoms with Crippen LogP contribution in [0.4, 0.5) is 0 Å². The Labute approximate surface area is 79.1 Å². The molecule has 1 aromatic rings. The lowest BCUT2D eigenvalue weighted by Gasteiger charge is -2.30. The smallest absolute Gasteiger partial charge is 0.0449 e. The van der Waals surface area contributed by atoms with Gasteiger partial charge in [-0.3, -0.25) is 0 Å². The first kappa shape index (κ1) is 8.73. The number of rotatable bonds is 1. The first-order valence-corrected chi connectivity index (χ1v) is 4.85. The maximum atomic E-state index is 5.72. The molecule has 2 nitrogen and oxygen atoms in total. The van der Waals surface area contributed by atoms with Crippen LogP contribution in [0, 0.1) is 0 Å². The summed E-state index contributed by atoms with van der Waals surface area (Å²) in [6, 6.07) is 9.45. The summed E-state index contributed by atoms with van der Waals surface area (Å²) < 4.78 is 0. The number of hydrogen-bond donors (Lipinski definition) is 2. The third kappa shape index (κ3) is 1.60. The Bertz CT molecular complexity index is 296. The summed E-state index contributed by atoms with van der Waals surface area (Å²) in [6.07, 6.45) is 1.12. The zero-order chi connectivity index (χ0) is 9.26. The predicted molar refractivity (Wildman–Crippen MR) is 54.5 cm³/mol. The van der Waals surface area contributed by atoms with Gasteiger partial charge in [-0.15, -0.1) is 0 Å². The van der Waals surface area contributed by atoms with E-state index in [0.717, 1.165) is 6.42 Å². The van der Waals surface area contributed by atoms with Gasteiger partial charge < -0.3 is 11.1 Å². The van der Waals surface area contributed by atoms with Crippen LogP contribution >= 0.6 is 0 Å². The van der Waals surface area contributed by atoms with Gasteiger partial charge in [-0.2, -0.15) is 0 Å². The molecule has 0 saturated heterocycles. The molecule has 1 aromatic carbocycles. The fourth-order valence-electron chi connectivity index (χ4n) is 2.08. The van der Waals surface area contributed by atoms with Crippen LogP contribution in [0.25, 0.3) is 0 Å². The lowest BCUT2D eigenvalue weighted by Crippen LogP contribution is -2.40. The van der Waals surface area contributed by atoms with Crippen molar-refractivity contribution in [2.75, 3.05) is 6.54 Å². The van der Waals surface area contributed by atoms with Crippen LogP contribution < -0.4 is 11.1 Å². The van der Waals surface area contributed by atoms with Crippen molar-refractivity contribution in [3.8, 4) is 0 Å². The van der Waals surface area contributed by atoms with Crippen molar-refractivity contribution in [3.63, 3.8) is 0 Å². The van der Waals surface area contributed by atoms with E-state index >= 15 is 0 Å². The molecule has 0 amide bonds. The highest BCUT2D eigenvalue weighted by atomic mass is 15.0. The van der Waals surface area contributed by atoms with Crippen molar-refractivity contribution in [1.82, 2.24) is 5.32 Å². The maximum Gasteiger partial charge on any atom is 0.0449 e. The van der Waals surface area contributed by atoms with Crippen molar-refractivity contribution >= 4 is 0 Å². The molecule has 0 unspecified atom stereocenters. The minimum absolute atomic E-state index is 0.347. The molecule has 0 spiro atoms. The molecule has 2 rings (SSSR count). The van der Waals surface area contributed by atoms with E-state index in [1.54, 1.807) is 0 Å². The number of nitrogens with two attached hydrogens (primary N) is 1. The van der Waals surface area contributed by atoms with Gasteiger partial charge in [0.05, 0.1) is 0 Å². The molecule has 0 fully saturated rings. The Balaban J connectivity index is 2.37. The van der Waals surface area contributed by atoms with Crippen molar-refractivity contribution < 1.29 is 0 Å². The van der Waals surface area contributed by atoms with E-state index in [1.165, 1.54) is 11.1 Å². The zero-order valence-electron chi connectivity index (χ0n) is 7.96. The Hall–Kier alpha value is -0.860. The van der Waals surface area contributed by atoms with E-state index in [2.05, 4.69) is 36.5 Å². The second-order valence-corrected chi connectivity index (χ2v) is 3.76. The maximum absolute atomic E-state index is 5.72. The van der Waals surface area contributed by atoms with Gasteiger partial charge in [-0.05, 0) is 24.5 Å². The summed E-state index contributed by atoms with van der Waals surface area (Å²) in [5, 5.41) is 3.50. The van der Waals surface area contributed by atoms with Gasteiger partial charge in [0.15, 0.2) is 0 Å². The molecular weight excluding hydrogens is 160 g/mol. The minimum Gasteiger partial charge on any atom is -0.329 e. The first-order chi connectivity index (χ1) is 6.31. The number of nitrogens with one attached hydrogen (secondary N) is 1. The molecule has 0 radical (unpaired) electrons. The van der Waals surface area contributed by atoms with Crippen LogP contribution in [-0.2, 0) is 6.42 Å². The van der Waals surface area contributed by atoms with E-state index in [0.29, 0.717) is 18.6 Å². The molecule has 0 aromatic heterocycles. The van der Waals surface area contributed by atoms with Crippen LogP contribution in [-0.4, -0.2) is 12.6 Å². The average Bonchev–Trinajstić information content (AvgIpc) is 2.16. The van der Waals surface area contributed by atoms with E-state index in [9.17, 15) is 0 Å². The highest BCUT2D eigenvalue weighted by Crippen LogP contribution is 2.23. The van der Waals surface area contributed by atoms with Gasteiger partial charge in [0.1, 0.15) is 0 Å². The molecule has 1 aliphatic rings. The predicted octanol–water partition coefficient (Wildman–Crippen LogP) is 1.22. The lowest BCUT2D eigenvalue weighted by molar-refractivity contribution is 0.428. The van der Waals surface area contributed by atoms with Crippen LogP contribution in [0.3, 0.4) is 0 Å². The standard InChI is InChI=1S/C11H16N2/c1-8-6-9-4-2-3-5-10(9)11(7-12)13-8/h2-5,8,11,13H,6-7,12H2,1H3/t8-,11+/m1/s1. The summed E-state index contributed by atoms with van der Waals surface area (Å²) in [6.45, 7) is 2.89. The van der Waals surface area contributed by atoms with Crippen molar-refractivity contribution in [2.45, 2.75) is 25.4 Å². The van der Waals surface area contributed by atoms with Crippen molar-refractivity contribution in [3.05, 3.63) is 35.4 Å². The molecule has 3 N–H and O–H groups in total. The van der Waals surface area contributed by atoms with Crippen molar-refractivity contribution in [2.24, 2.45) is 5.73 Å². The molecule has 0 bridgehead atoms. The van der Waals surface area contributed by atoms with Crippen LogP contribution in [0.5, 0.6) is 0 Å². The third-order valence-electron chi connectivity index (χ3n) is 2.68. The number of fused-ring (bicyclic) bond motifs is 1. The molecule has 13 heavy (non-hydrogen) atoms. The molecule has 70 valence electrons. The quantitative estimate of drug-likeness (QED) is 0.675. The first-order valence-electron chi connectivity index (χ1n) is 4.85. The molecule has 2 heteroatoms. The van der Waals surface area contributed by atoms with Gasteiger partial charge in [-0.25, -0.2) is 0 Å². The van der Waals surface area contributed by atoms with Crippen LogP contribution in [0.15, 0.2) is 24.3 Å². The Kier molecular flexibility index (Phi) is 2.34. The minimum atomic E-state index is 0.347. The monoisotopic (exact) mass is 176 g/mol. The second-order valence-electron chi connectivity index (χ2n) is 3.76. The molecule has 1 heterocycles. The van der Waals surface area contributed by atoms with E-state index in [-0.39, 0.29) is 0 Å². The topological polar surface area (TPSA) is 38.0 Å². The summed E-state index contributed by atoms with van der Waals surface area (Å²) in [5.74, 6) is 0. The summed E-state index contributed by atoms with van der Waals surface area (Å²) in [4.78, 5) is 0. The van der Waals surface area contributed by atoms with Crippen LogP contribution in [0.1, 0.15) is 24.1 Å². The van der Waals surface area contributed by atoms with Gasteiger partial charge in [0.25, 0.3) is 0 Å². The van der Waals surface area contributed by atoms with Gasteiger partial charge in [0.2, 0.25) is 0 Å². The van der Waals surface area contributed by atoms with E-state index < -0.39 is 0 Å². The molecule has 0 saturated carbocycles. The summed E-state index contributed by atoms with van der Waals surface area (Å²) in [5.41, 5.74) is 8.54. The highest BCUT2D eigenvalue weighted by molar-refractivity contribution is 5.33. The summed E-state index contributed by atoms with van der Waals surface area (Å²) >= 11 is 0. The summed E-state index contributed by atoms with van der Waals surface area (Å²) in [7, 11) is 0. The van der Waals surface area contributed by atoms with Crippen LogP contribution in [0.2, 0.25) is 0 Å². The third-order valence-corrected chi connectivity index (χ3v) is 2.68. The van der Waals surface area contributed by atoms with E-state index in [1.807, 2.05) is 0 Å². The average molecular weight is 176 g/mol. The Morgan fingerprint density at radius 1 is 1.46 bits per heavy atom. The second kappa shape index (κ2) is 3.48. The molecular formula is C11H16N2. The van der Waals surface area contributed by atoms with Crippen molar-refractivity contribution in [1.29, 1.82) is 0 Å². The normalized spacial score (nSPS) is 26.9. The number of hydrogen-bond acceptors (Lipinski definition) is 2. The number of benzene rings is 1. The molecule has 1 aliphatic heterocycles. The zero-order valence-corrected chi connectivity index (χ0v) is 7.96. The largest absolute Gasteiger partial charge is 0.329 e. The van der Waals surface area contributed by atoms with E-state index in [4.69, 9.17) is 5.73 Å². The van der Waals surface area contributed by atoms with Gasteiger partial charge >= 0.3 is 0 Å². The fraction of sp³-hybridized carbons (Fsp3) is 0.455. The van der Waals surface area contributed by atoms with Gasteiger partial charge in [0, 0.05) is 18.6 Å². The Morgan fingerprint density at radius 2 is 2.23 bits per heavy atom. The highest BCUT2D eigenvalue weighted by Gasteiger charge is 2.21.